The Labute approximate surface area is 726 Å². The van der Waals surface area contributed by atoms with Crippen LogP contribution < -0.4 is 15.1 Å². The lowest BCUT2D eigenvalue weighted by molar-refractivity contribution is -0.385. The van der Waals surface area contributed by atoms with Crippen molar-refractivity contribution < 1.29 is 91.8 Å². The molecular weight excluding hydrogens is 1580 g/mol. The maximum absolute atomic E-state index is 12.3. The van der Waals surface area contributed by atoms with E-state index in [0.717, 1.165) is 171 Å². The zero-order valence-electron chi connectivity index (χ0n) is 74.4. The van der Waals surface area contributed by atoms with Gasteiger partial charge in [-0.25, -0.2) is 19.2 Å². The summed E-state index contributed by atoms with van der Waals surface area (Å²) in [4.78, 5) is 88.1. The Hall–Kier alpha value is -7.29. The summed E-state index contributed by atoms with van der Waals surface area (Å²) in [6.07, 6.45) is 40.5. The zero-order chi connectivity index (χ0) is 88.6. The molecule has 0 amide bonds. The maximum Gasteiger partial charge on any atom is 0.514 e. The molecule has 10 aliphatic carbocycles. The first-order chi connectivity index (χ1) is 57.7. The van der Waals surface area contributed by atoms with E-state index in [1.54, 1.807) is 6.07 Å². The Morgan fingerprint density at radius 3 is 1.48 bits per heavy atom. The van der Waals surface area contributed by atoms with Crippen molar-refractivity contribution in [1.82, 2.24) is 4.90 Å². The van der Waals surface area contributed by atoms with Gasteiger partial charge >= 0.3 is 35.3 Å². The van der Waals surface area contributed by atoms with E-state index in [4.69, 9.17) is 30.5 Å². The van der Waals surface area contributed by atoms with Crippen molar-refractivity contribution >= 4 is 52.7 Å². The van der Waals surface area contributed by atoms with Crippen molar-refractivity contribution in [3.05, 3.63) is 127 Å². The number of nitrogens with zero attached hydrogens (tertiary/aromatic N) is 3. The number of halogens is 1. The third kappa shape index (κ3) is 23.7. The summed E-state index contributed by atoms with van der Waals surface area (Å²) in [5, 5.41) is 65.6. The monoisotopic (exact) mass is 1720 g/mol. The third-order valence-electron chi connectivity index (χ3n) is 32.5. The lowest BCUT2D eigenvalue weighted by Gasteiger charge is -2.63. The molecule has 0 spiro atoms. The first kappa shape index (κ1) is 96.9. The van der Waals surface area contributed by atoms with Crippen molar-refractivity contribution in [2.75, 3.05) is 26.2 Å². The topological polar surface area (TPSA) is 351 Å². The predicted octanol–water partition coefficient (Wildman–Crippen LogP) is 21.6. The number of nitro benzene ring substituents is 2. The van der Waals surface area contributed by atoms with Crippen molar-refractivity contribution in [3.63, 3.8) is 0 Å². The lowest BCUT2D eigenvalue weighted by atomic mass is 9.44. The SMILES string of the molecule is CC1=COC(=O)CC1.CC1=COC(=O)CC1.CC[C@@H]1C[C@@H](O)CC[C@]1(C)[C@H]1CC[C@]2(C)CCC[C@]2(O)C1.CC[C@@H]1C[C@@H](OC(=O)Oc2ccc([N+](=O)[O-])cc2)CC[C@]1(C)[C@H]1CC[C@]2(C)CCC[C@]2(O)C1.C[C@]12CC[C@H](OC(=O)OCCN3CCCC3)C[C@H]1CC[C@@H]1[C@@H]2CC[C@]2(C)CCC[C@]12O.Cc1ccc(=O)oc1.O=C(Cl)Oc1ccc([N+](=O)[O-])cc1. The van der Waals surface area contributed by atoms with Crippen LogP contribution in [0.4, 0.5) is 25.8 Å². The minimum Gasteiger partial charge on any atom is -0.435 e. The second-order valence-electron chi connectivity index (χ2n) is 39.7. The zero-order valence-corrected chi connectivity index (χ0v) is 75.2. The highest BCUT2D eigenvalue weighted by Gasteiger charge is 2.65. The van der Waals surface area contributed by atoms with Crippen molar-refractivity contribution in [3.8, 4) is 11.5 Å². The molecule has 0 bridgehead atoms. The largest absolute Gasteiger partial charge is 0.514 e. The van der Waals surface area contributed by atoms with Crippen LogP contribution in [0.1, 0.15) is 306 Å². The van der Waals surface area contributed by atoms with E-state index in [2.05, 4.69) is 78.9 Å². The Bertz CT molecular complexity index is 4110. The molecule has 122 heavy (non-hydrogen) atoms. The second-order valence-corrected chi connectivity index (χ2v) is 40.0. The Morgan fingerprint density at radius 2 is 1.00 bits per heavy atom. The fourth-order valence-electron chi connectivity index (χ4n) is 24.3. The van der Waals surface area contributed by atoms with Crippen LogP contribution in [-0.2, 0) is 33.3 Å². The Kier molecular flexibility index (Phi) is 33.3. The second kappa shape index (κ2) is 41.9. The first-order valence-corrected chi connectivity index (χ1v) is 46.0. The summed E-state index contributed by atoms with van der Waals surface area (Å²) >= 11 is 4.92. The number of carbonyl (C=O) groups is 5. The molecule has 26 heteroatoms. The summed E-state index contributed by atoms with van der Waals surface area (Å²) in [6.45, 7) is 28.0. The third-order valence-corrected chi connectivity index (χ3v) is 32.6. The van der Waals surface area contributed by atoms with Gasteiger partial charge in [0.1, 0.15) is 30.3 Å². The van der Waals surface area contributed by atoms with E-state index in [-0.39, 0.29) is 85.8 Å². The van der Waals surface area contributed by atoms with E-state index >= 15 is 0 Å². The van der Waals surface area contributed by atoms with Gasteiger partial charge < -0.3 is 58.0 Å². The van der Waals surface area contributed by atoms with Crippen molar-refractivity contribution in [1.29, 1.82) is 0 Å². The van der Waals surface area contributed by atoms with Crippen molar-refractivity contribution in [2.24, 2.45) is 73.9 Å². The van der Waals surface area contributed by atoms with Gasteiger partial charge in [-0.3, -0.25) is 34.7 Å². The van der Waals surface area contributed by atoms with Gasteiger partial charge in [0.25, 0.3) is 11.4 Å². The molecule has 4 N–H and O–H groups in total. The maximum atomic E-state index is 12.3. The minimum atomic E-state index is -0.978. The standard InChI is InChI=1S/C26H37NO6.C26H43NO4.C19H34O2.C7H4ClNO4.2C6H8O2.C6H6O2/c1-4-18-16-22(33-23(28)32-21-8-6-20(7-9-21)27(30)31)11-15-25(18,3)19-10-14-24(2)12-5-13-26(24,29)17-19;1-24-10-5-11-26(24,29)22-7-6-19-18-20(8-13-25(19,2)21(22)9-12-24)31-23(28)30-17-16-27-14-3-4-15-27;1-4-14-12-16(20)7-11-18(14,3)15-6-10-17(2)8-5-9-19(17,21)13-15;8-7(10)13-6-3-1-5(2-4-6)9(11)12;3*1-5-2-3-6(7)8-4-5/h6-9,18-19,22,29H,4-5,10-17H2,1-3H3;19-22,29H,3-18H2,1-2H3;14-16,20-21H,4-13H2,1-3H3;1-4H;2*4H,2-3H2,1H3;2-4H,1H3/t18-,19+,22+,24+,25+,26+;19-,20+,21+,22-,24+,25+,26+;14-,15+,16+,17+,18+,19+;;;;/m111..../s1. The fourth-order valence-corrected chi connectivity index (χ4v) is 24.4. The van der Waals surface area contributed by atoms with Crippen LogP contribution in [-0.4, -0.2) is 126 Å². The molecule has 0 radical (unpaired) electrons. The molecule has 11 fully saturated rings. The van der Waals surface area contributed by atoms with Gasteiger partial charge in [-0.1, -0.05) is 68.2 Å². The van der Waals surface area contributed by atoms with Gasteiger partial charge in [0.15, 0.2) is 0 Å². The summed E-state index contributed by atoms with van der Waals surface area (Å²) in [5.41, 5.74) is 1.58. The number of aliphatic hydroxyl groups is 4. The fraction of sp³-hybridized carbons (Fsp3) is 0.729. The van der Waals surface area contributed by atoms with E-state index in [9.17, 15) is 69.4 Å². The van der Waals surface area contributed by atoms with E-state index in [1.165, 1.54) is 157 Å². The quantitative estimate of drug-likeness (QED) is 0.0308. The number of ether oxygens (including phenoxy) is 7. The number of likely N-dealkylation sites (tertiary alicyclic amines) is 1. The molecule has 25 nitrogen and oxygen atoms in total. The number of cyclic esters (lactones) is 2. The molecular formula is C96H140ClN3O22. The molecule has 1 aromatic heterocycles. The minimum absolute atomic E-state index is 0.00247. The highest BCUT2D eigenvalue weighted by molar-refractivity contribution is 6.61. The average Bonchev–Trinajstić information content (AvgIpc) is 1.41. The smallest absolute Gasteiger partial charge is 0.435 e. The number of allylic oxidation sites excluding steroid dienone is 2. The van der Waals surface area contributed by atoms with Gasteiger partial charge in [0.05, 0.1) is 51.5 Å². The highest BCUT2D eigenvalue weighted by atomic mass is 35.5. The van der Waals surface area contributed by atoms with Crippen molar-refractivity contribution in [2.45, 2.75) is 342 Å². The normalized spacial score (nSPS) is 35.9. The summed E-state index contributed by atoms with van der Waals surface area (Å²) in [5.74, 6) is 4.03. The molecule has 13 aliphatic rings. The Balaban J connectivity index is 0.000000160. The van der Waals surface area contributed by atoms with E-state index in [0.29, 0.717) is 66.3 Å². The lowest BCUT2D eigenvalue weighted by Crippen LogP contribution is -2.61. The summed E-state index contributed by atoms with van der Waals surface area (Å²) in [7, 11) is 0. The summed E-state index contributed by atoms with van der Waals surface area (Å²) < 4.78 is 40.2. The number of aliphatic hydroxyl groups excluding tert-OH is 1. The molecule has 4 heterocycles. The molecule has 10 saturated carbocycles. The van der Waals surface area contributed by atoms with Crippen LogP contribution in [0.15, 0.2) is 99.8 Å². The van der Waals surface area contributed by atoms with E-state index < -0.39 is 44.4 Å². The van der Waals surface area contributed by atoms with Crippen LogP contribution in [0.25, 0.3) is 0 Å². The van der Waals surface area contributed by atoms with Gasteiger partial charge in [0.2, 0.25) is 0 Å². The number of non-ortho nitro benzene ring substituents is 2. The first-order valence-electron chi connectivity index (χ1n) is 45.6. The average molecular weight is 1720 g/mol. The van der Waals surface area contributed by atoms with Crippen LogP contribution in [0, 0.1) is 101 Å². The number of rotatable bonds is 13. The van der Waals surface area contributed by atoms with Crippen LogP contribution >= 0.6 is 11.6 Å². The van der Waals surface area contributed by atoms with Gasteiger partial charge in [-0.05, 0) is 360 Å². The number of carbonyl (C=O) groups excluding carboxylic acids is 5. The summed E-state index contributed by atoms with van der Waals surface area (Å²) in [6, 6.07) is 13.5. The van der Waals surface area contributed by atoms with Gasteiger partial charge in [-0.2, -0.15) is 0 Å². The molecule has 16 rings (SSSR count). The molecule has 2 aromatic carbocycles. The van der Waals surface area contributed by atoms with Gasteiger partial charge in [-0.15, -0.1) is 0 Å². The van der Waals surface area contributed by atoms with E-state index in [1.807, 2.05) is 20.8 Å². The number of fused-ring (bicyclic) bond motifs is 7. The molecule has 3 aliphatic heterocycles. The number of benzene rings is 2. The van der Waals surface area contributed by atoms with Crippen LogP contribution in [0.2, 0.25) is 0 Å². The van der Waals surface area contributed by atoms with Gasteiger partial charge in [0, 0.05) is 61.3 Å². The molecule has 19 atom stereocenters. The number of esters is 2. The Morgan fingerprint density at radius 1 is 0.516 bits per heavy atom. The van der Waals surface area contributed by atoms with Crippen LogP contribution in [0.3, 0.4) is 0 Å². The molecule has 1 saturated heterocycles. The molecule has 678 valence electrons. The molecule has 0 unspecified atom stereocenters. The number of aryl methyl sites for hydroxylation is 1. The van der Waals surface area contributed by atoms with Crippen LogP contribution in [0.5, 0.6) is 11.5 Å². The number of hydrogen-bond donors (Lipinski definition) is 4. The predicted molar refractivity (Wildman–Crippen MR) is 463 cm³/mol. The molecule has 3 aromatic rings. The highest BCUT2D eigenvalue weighted by Crippen LogP contribution is 2.69. The number of hydrogen-bond acceptors (Lipinski definition) is 23. The number of nitro groups is 2.